The second kappa shape index (κ2) is 8.54. The zero-order chi connectivity index (χ0) is 23.7. The van der Waals surface area contributed by atoms with E-state index in [2.05, 4.69) is 30.7 Å². The number of nitro benzene ring substituents is 1. The largest absolute Gasteiger partial charge is 0.328 e. The average Bonchev–Trinajstić information content (AvgIpc) is 3.28. The number of carbonyl (C=O) groups is 1. The minimum absolute atomic E-state index is 0.0484. The molecule has 0 fully saturated rings. The Morgan fingerprint density at radius 2 is 1.94 bits per heavy atom. The van der Waals surface area contributed by atoms with Crippen LogP contribution in [0.1, 0.15) is 18.5 Å². The van der Waals surface area contributed by atoms with E-state index in [1.54, 1.807) is 66.6 Å². The van der Waals surface area contributed by atoms with E-state index in [1.165, 1.54) is 12.1 Å². The second-order valence-electron chi connectivity index (χ2n) is 7.53. The van der Waals surface area contributed by atoms with E-state index in [0.717, 1.165) is 0 Å². The molecule has 4 heterocycles. The highest BCUT2D eigenvalue weighted by Gasteiger charge is 2.35. The number of hydrogen-bond donors (Lipinski definition) is 2. The molecular formula is C23H18N8O3. The van der Waals surface area contributed by atoms with Crippen LogP contribution in [0.5, 0.6) is 0 Å². The van der Waals surface area contributed by atoms with Crippen LogP contribution in [0.15, 0.2) is 84.5 Å². The molecule has 0 radical (unpaired) electrons. The predicted octanol–water partition coefficient (Wildman–Crippen LogP) is 3.57. The van der Waals surface area contributed by atoms with E-state index in [4.69, 9.17) is 0 Å². The average molecular weight is 454 g/mol. The molecule has 0 saturated carbocycles. The van der Waals surface area contributed by atoms with Crippen molar-refractivity contribution >= 4 is 23.4 Å². The zero-order valence-electron chi connectivity index (χ0n) is 17.9. The first-order valence-corrected chi connectivity index (χ1v) is 10.3. The Morgan fingerprint density at radius 3 is 2.62 bits per heavy atom. The molecule has 34 heavy (non-hydrogen) atoms. The third-order valence-electron chi connectivity index (χ3n) is 5.34. The number of aromatic nitrogens is 5. The van der Waals surface area contributed by atoms with Crippen molar-refractivity contribution in [3.05, 3.63) is 100 Å². The summed E-state index contributed by atoms with van der Waals surface area (Å²) in [5, 5.41) is 21.8. The number of rotatable bonds is 5. The lowest BCUT2D eigenvalue weighted by Gasteiger charge is -2.28. The molecule has 1 unspecified atom stereocenters. The van der Waals surface area contributed by atoms with E-state index >= 15 is 0 Å². The van der Waals surface area contributed by atoms with Gasteiger partial charge in [0.15, 0.2) is 5.82 Å². The highest BCUT2D eigenvalue weighted by atomic mass is 16.6. The molecule has 0 bridgehead atoms. The van der Waals surface area contributed by atoms with E-state index < -0.39 is 11.0 Å². The summed E-state index contributed by atoms with van der Waals surface area (Å²) >= 11 is 0. The van der Waals surface area contributed by atoms with Crippen molar-refractivity contribution in [2.45, 2.75) is 13.0 Å². The van der Waals surface area contributed by atoms with Crippen molar-refractivity contribution < 1.29 is 9.72 Å². The van der Waals surface area contributed by atoms with Gasteiger partial charge in [-0.15, -0.1) is 5.10 Å². The SMILES string of the molecule is CC1=C(C(=O)Nc2ccccn2)C(c2ccc([N+](=O)[O-])cc2)n2nc(-c3cccnc3)nc2N1. The number of nitrogens with one attached hydrogen (secondary N) is 2. The number of amides is 1. The molecular weight excluding hydrogens is 436 g/mol. The fourth-order valence-electron chi connectivity index (χ4n) is 3.77. The summed E-state index contributed by atoms with van der Waals surface area (Å²) in [6.45, 7) is 1.77. The summed E-state index contributed by atoms with van der Waals surface area (Å²) < 4.78 is 1.60. The fourth-order valence-corrected chi connectivity index (χ4v) is 3.77. The molecule has 1 aliphatic rings. The number of pyridine rings is 2. The molecule has 4 aromatic rings. The normalized spacial score (nSPS) is 14.8. The summed E-state index contributed by atoms with van der Waals surface area (Å²) in [5.41, 5.74) is 2.27. The maximum Gasteiger partial charge on any atom is 0.269 e. The Balaban J connectivity index is 1.61. The van der Waals surface area contributed by atoms with Gasteiger partial charge in [-0.2, -0.15) is 4.98 Å². The topological polar surface area (TPSA) is 141 Å². The van der Waals surface area contributed by atoms with E-state index in [-0.39, 0.29) is 11.6 Å². The lowest BCUT2D eigenvalue weighted by atomic mass is 9.95. The first-order chi connectivity index (χ1) is 16.5. The van der Waals surface area contributed by atoms with Crippen LogP contribution in [0.2, 0.25) is 0 Å². The van der Waals surface area contributed by atoms with E-state index in [0.29, 0.717) is 40.0 Å². The van der Waals surface area contributed by atoms with Crippen molar-refractivity contribution in [2.75, 3.05) is 10.6 Å². The van der Waals surface area contributed by atoms with Crippen LogP contribution in [-0.2, 0) is 4.79 Å². The van der Waals surface area contributed by atoms with Gasteiger partial charge in [-0.25, -0.2) is 9.67 Å². The summed E-state index contributed by atoms with van der Waals surface area (Å²) in [6.07, 6.45) is 4.89. The van der Waals surface area contributed by atoms with Crippen LogP contribution in [0.25, 0.3) is 11.4 Å². The predicted molar refractivity (Wildman–Crippen MR) is 124 cm³/mol. The van der Waals surface area contributed by atoms with E-state index in [1.807, 2.05) is 6.07 Å². The molecule has 1 amide bonds. The molecule has 3 aromatic heterocycles. The Kier molecular flexibility index (Phi) is 5.26. The smallest absolute Gasteiger partial charge is 0.269 e. The number of nitrogens with zero attached hydrogens (tertiary/aromatic N) is 6. The number of non-ortho nitro benzene ring substituents is 1. The quantitative estimate of drug-likeness (QED) is 0.344. The van der Waals surface area contributed by atoms with Crippen LogP contribution in [0.3, 0.4) is 0 Å². The maximum atomic E-state index is 13.4. The summed E-state index contributed by atoms with van der Waals surface area (Å²) in [5.74, 6) is 0.891. The minimum Gasteiger partial charge on any atom is -0.328 e. The van der Waals surface area contributed by atoms with Crippen LogP contribution >= 0.6 is 0 Å². The molecule has 1 atom stereocenters. The van der Waals surface area contributed by atoms with Crippen LogP contribution < -0.4 is 10.6 Å². The molecule has 168 valence electrons. The third-order valence-corrected chi connectivity index (χ3v) is 5.34. The Hall–Kier alpha value is -4.93. The first kappa shape index (κ1) is 20.9. The lowest BCUT2D eigenvalue weighted by molar-refractivity contribution is -0.384. The second-order valence-corrected chi connectivity index (χ2v) is 7.53. The number of allylic oxidation sites excluding steroid dienone is 1. The summed E-state index contributed by atoms with van der Waals surface area (Å²) in [6, 6.07) is 14.2. The molecule has 1 aliphatic heterocycles. The number of fused-ring (bicyclic) bond motifs is 1. The molecule has 0 saturated heterocycles. The Bertz CT molecular complexity index is 1400. The van der Waals surface area contributed by atoms with Gasteiger partial charge in [0.1, 0.15) is 11.9 Å². The fraction of sp³-hybridized carbons (Fsp3) is 0.0870. The molecule has 0 spiro atoms. The molecule has 0 aliphatic carbocycles. The van der Waals surface area contributed by atoms with Crippen molar-refractivity contribution in [3.63, 3.8) is 0 Å². The van der Waals surface area contributed by atoms with Gasteiger partial charge in [-0.1, -0.05) is 6.07 Å². The van der Waals surface area contributed by atoms with Crippen LogP contribution in [-0.4, -0.2) is 35.6 Å². The zero-order valence-corrected chi connectivity index (χ0v) is 17.9. The molecule has 5 rings (SSSR count). The van der Waals surface area contributed by atoms with Crippen LogP contribution in [0, 0.1) is 10.1 Å². The molecule has 11 heteroatoms. The number of hydrogen-bond acceptors (Lipinski definition) is 8. The number of anilines is 2. The molecule has 2 N–H and O–H groups in total. The molecule has 1 aromatic carbocycles. The first-order valence-electron chi connectivity index (χ1n) is 10.3. The summed E-state index contributed by atoms with van der Waals surface area (Å²) in [7, 11) is 0. The highest BCUT2D eigenvalue weighted by Crippen LogP contribution is 2.37. The van der Waals surface area contributed by atoms with Gasteiger partial charge in [0, 0.05) is 42.0 Å². The van der Waals surface area contributed by atoms with Gasteiger partial charge in [0.05, 0.1) is 10.5 Å². The number of carbonyl (C=O) groups excluding carboxylic acids is 1. The number of nitro groups is 1. The van der Waals surface area contributed by atoms with Gasteiger partial charge in [0.2, 0.25) is 5.95 Å². The maximum absolute atomic E-state index is 13.4. The van der Waals surface area contributed by atoms with Crippen molar-refractivity contribution in [2.24, 2.45) is 0 Å². The minimum atomic E-state index is -0.682. The van der Waals surface area contributed by atoms with Crippen LogP contribution in [0.4, 0.5) is 17.5 Å². The van der Waals surface area contributed by atoms with Gasteiger partial charge >= 0.3 is 0 Å². The van der Waals surface area contributed by atoms with Crippen molar-refractivity contribution in [1.82, 2.24) is 24.7 Å². The van der Waals surface area contributed by atoms with Gasteiger partial charge in [-0.05, 0) is 48.9 Å². The van der Waals surface area contributed by atoms with Gasteiger partial charge in [0.25, 0.3) is 11.6 Å². The summed E-state index contributed by atoms with van der Waals surface area (Å²) in [4.78, 5) is 37.0. The standard InChI is InChI=1S/C23H18N8O3/c1-14-19(22(32)27-18-6-2-3-12-25-18)20(15-7-9-17(10-8-15)31(33)34)30-23(26-14)28-21(29-30)16-5-4-11-24-13-16/h2-13,20H,1H3,(H,25,27,32)(H,26,28,29). The van der Waals surface area contributed by atoms with Gasteiger partial charge < -0.3 is 10.6 Å². The van der Waals surface area contributed by atoms with Crippen molar-refractivity contribution in [1.29, 1.82) is 0 Å². The molecule has 11 nitrogen and oxygen atoms in total. The number of benzene rings is 1. The van der Waals surface area contributed by atoms with Crippen molar-refractivity contribution in [3.8, 4) is 11.4 Å². The Morgan fingerprint density at radius 1 is 1.12 bits per heavy atom. The Labute approximate surface area is 193 Å². The lowest BCUT2D eigenvalue weighted by Crippen LogP contribution is -2.31. The van der Waals surface area contributed by atoms with Gasteiger partial charge in [-0.3, -0.25) is 19.9 Å². The highest BCUT2D eigenvalue weighted by molar-refractivity contribution is 6.05. The third kappa shape index (κ3) is 3.86. The van der Waals surface area contributed by atoms with E-state index in [9.17, 15) is 14.9 Å². The monoisotopic (exact) mass is 454 g/mol.